The Morgan fingerprint density at radius 2 is 1.59 bits per heavy atom. The highest BCUT2D eigenvalue weighted by Crippen LogP contribution is 2.37. The summed E-state index contributed by atoms with van der Waals surface area (Å²) in [6, 6.07) is 24.9. The van der Waals surface area contributed by atoms with Crippen molar-refractivity contribution in [2.24, 2.45) is 0 Å². The number of benzene rings is 4. The lowest BCUT2D eigenvalue weighted by Gasteiger charge is -2.22. The highest BCUT2D eigenvalue weighted by atomic mass is 32.2. The molecule has 1 N–H and O–H groups in total. The number of rotatable bonds is 3. The monoisotopic (exact) mass is 439 g/mol. The van der Waals surface area contributed by atoms with Crippen LogP contribution in [0.1, 0.15) is 31.9 Å². The molecule has 32 heavy (non-hydrogen) atoms. The molecule has 1 aromatic heterocycles. The van der Waals surface area contributed by atoms with E-state index in [2.05, 4.69) is 80.5 Å². The molecule has 5 rings (SSSR count). The standard InChI is InChI=1S/C27H25N3OS/c1-17-14-21(27(2,3)4)26(31)24(15-17)30-28-22-13-12-19(16-23(22)29-30)32-25-11-7-9-18-8-5-6-10-20(18)25/h5-16,31H,1-4H3. The summed E-state index contributed by atoms with van der Waals surface area (Å²) >= 11 is 1.72. The van der Waals surface area contributed by atoms with Gasteiger partial charge in [-0.1, -0.05) is 75.0 Å². The third-order valence-electron chi connectivity index (χ3n) is 5.59. The Hall–Kier alpha value is -3.31. The number of phenols is 1. The lowest BCUT2D eigenvalue weighted by Crippen LogP contribution is -2.13. The maximum absolute atomic E-state index is 11.0. The van der Waals surface area contributed by atoms with E-state index < -0.39 is 0 Å². The molecule has 0 saturated heterocycles. The SMILES string of the molecule is Cc1cc(-n2nc3ccc(Sc4cccc5ccccc45)cc3n2)c(O)c(C(C)(C)C)c1. The molecule has 160 valence electrons. The molecular weight excluding hydrogens is 414 g/mol. The second kappa shape index (κ2) is 7.68. The molecule has 0 spiro atoms. The van der Waals surface area contributed by atoms with E-state index >= 15 is 0 Å². The van der Waals surface area contributed by atoms with E-state index in [1.807, 2.05) is 25.1 Å². The molecule has 0 aliphatic heterocycles. The molecule has 5 heteroatoms. The fourth-order valence-electron chi connectivity index (χ4n) is 3.96. The van der Waals surface area contributed by atoms with Crippen LogP contribution < -0.4 is 0 Å². The van der Waals surface area contributed by atoms with E-state index in [1.54, 1.807) is 16.6 Å². The van der Waals surface area contributed by atoms with Crippen LogP contribution in [0.3, 0.4) is 0 Å². The van der Waals surface area contributed by atoms with Crippen molar-refractivity contribution in [1.82, 2.24) is 15.0 Å². The van der Waals surface area contributed by atoms with Crippen molar-refractivity contribution in [1.29, 1.82) is 0 Å². The fraction of sp³-hybridized carbons (Fsp3) is 0.185. The van der Waals surface area contributed by atoms with Gasteiger partial charge < -0.3 is 5.11 Å². The van der Waals surface area contributed by atoms with Gasteiger partial charge in [-0.05, 0) is 59.0 Å². The fourth-order valence-corrected chi connectivity index (χ4v) is 4.96. The minimum Gasteiger partial charge on any atom is -0.505 e. The van der Waals surface area contributed by atoms with Gasteiger partial charge in [-0.2, -0.15) is 0 Å². The highest BCUT2D eigenvalue weighted by molar-refractivity contribution is 7.99. The van der Waals surface area contributed by atoms with Gasteiger partial charge in [0.05, 0.1) is 0 Å². The topological polar surface area (TPSA) is 50.9 Å². The smallest absolute Gasteiger partial charge is 0.146 e. The predicted molar refractivity (Wildman–Crippen MR) is 132 cm³/mol. The Bertz CT molecular complexity index is 1460. The molecule has 0 unspecified atom stereocenters. The summed E-state index contributed by atoms with van der Waals surface area (Å²) in [6.45, 7) is 8.31. The Balaban J connectivity index is 1.55. The minimum atomic E-state index is -0.181. The normalized spacial score (nSPS) is 12.0. The van der Waals surface area contributed by atoms with Crippen LogP contribution in [-0.2, 0) is 5.41 Å². The van der Waals surface area contributed by atoms with Crippen molar-refractivity contribution in [2.75, 3.05) is 0 Å². The quantitative estimate of drug-likeness (QED) is 0.328. The number of nitrogens with zero attached hydrogens (tertiary/aromatic N) is 3. The summed E-state index contributed by atoms with van der Waals surface area (Å²) in [6.07, 6.45) is 0. The molecule has 0 bridgehead atoms. The number of phenolic OH excluding ortho intramolecular Hbond substituents is 1. The van der Waals surface area contributed by atoms with Gasteiger partial charge in [0.2, 0.25) is 0 Å². The van der Waals surface area contributed by atoms with Gasteiger partial charge in [-0.15, -0.1) is 15.0 Å². The third-order valence-corrected chi connectivity index (χ3v) is 6.65. The maximum atomic E-state index is 11.0. The maximum Gasteiger partial charge on any atom is 0.146 e. The van der Waals surface area contributed by atoms with Gasteiger partial charge in [0, 0.05) is 15.4 Å². The molecule has 0 atom stereocenters. The zero-order valence-corrected chi connectivity index (χ0v) is 19.4. The average molecular weight is 440 g/mol. The van der Waals surface area contributed by atoms with Crippen LogP contribution in [0.15, 0.2) is 82.6 Å². The van der Waals surface area contributed by atoms with E-state index in [1.165, 1.54) is 15.7 Å². The second-order valence-electron chi connectivity index (χ2n) is 9.15. The Morgan fingerprint density at radius 3 is 2.41 bits per heavy atom. The molecule has 0 aliphatic rings. The molecule has 1 heterocycles. The zero-order valence-electron chi connectivity index (χ0n) is 18.6. The average Bonchev–Trinajstić information content (AvgIpc) is 3.18. The molecule has 0 saturated carbocycles. The number of hydrogen-bond donors (Lipinski definition) is 1. The third kappa shape index (κ3) is 3.73. The largest absolute Gasteiger partial charge is 0.505 e. The van der Waals surface area contributed by atoms with Crippen molar-refractivity contribution in [3.05, 3.63) is 83.9 Å². The van der Waals surface area contributed by atoms with E-state index in [9.17, 15) is 5.11 Å². The van der Waals surface area contributed by atoms with E-state index in [0.717, 1.165) is 27.1 Å². The van der Waals surface area contributed by atoms with Gasteiger partial charge in [-0.25, -0.2) is 0 Å². The van der Waals surface area contributed by atoms with Crippen LogP contribution >= 0.6 is 11.8 Å². The van der Waals surface area contributed by atoms with Gasteiger partial charge >= 0.3 is 0 Å². The molecule has 0 aliphatic carbocycles. The molecular formula is C27H25N3OS. The minimum absolute atomic E-state index is 0.181. The molecule has 0 fully saturated rings. The van der Waals surface area contributed by atoms with Crippen LogP contribution in [0, 0.1) is 6.92 Å². The second-order valence-corrected chi connectivity index (χ2v) is 10.3. The number of fused-ring (bicyclic) bond motifs is 2. The predicted octanol–water partition coefficient (Wildman–Crippen LogP) is 7.04. The first kappa shape index (κ1) is 20.6. The molecule has 0 amide bonds. The zero-order chi connectivity index (χ0) is 22.5. The lowest BCUT2D eigenvalue weighted by molar-refractivity contribution is 0.440. The molecule has 5 aromatic rings. The lowest BCUT2D eigenvalue weighted by atomic mass is 9.85. The summed E-state index contributed by atoms with van der Waals surface area (Å²) in [5, 5.41) is 22.8. The van der Waals surface area contributed by atoms with Crippen LogP contribution in [-0.4, -0.2) is 20.1 Å². The number of hydrogen-bond acceptors (Lipinski definition) is 4. The van der Waals surface area contributed by atoms with Crippen molar-refractivity contribution < 1.29 is 5.11 Å². The van der Waals surface area contributed by atoms with Gasteiger partial charge in [0.1, 0.15) is 22.5 Å². The van der Waals surface area contributed by atoms with Crippen molar-refractivity contribution in [3.8, 4) is 11.4 Å². The van der Waals surface area contributed by atoms with Crippen molar-refractivity contribution >= 4 is 33.6 Å². The van der Waals surface area contributed by atoms with Crippen molar-refractivity contribution in [3.63, 3.8) is 0 Å². The summed E-state index contributed by atoms with van der Waals surface area (Å²) in [4.78, 5) is 3.86. The first-order chi connectivity index (χ1) is 15.3. The molecule has 4 aromatic carbocycles. The van der Waals surface area contributed by atoms with Crippen LogP contribution in [0.4, 0.5) is 0 Å². The van der Waals surface area contributed by atoms with E-state index in [4.69, 9.17) is 5.10 Å². The van der Waals surface area contributed by atoms with Crippen LogP contribution in [0.5, 0.6) is 5.75 Å². The van der Waals surface area contributed by atoms with Gasteiger partial charge in [0.25, 0.3) is 0 Å². The van der Waals surface area contributed by atoms with E-state index in [-0.39, 0.29) is 11.2 Å². The molecule has 4 nitrogen and oxygen atoms in total. The van der Waals surface area contributed by atoms with Gasteiger partial charge in [-0.3, -0.25) is 0 Å². The molecule has 0 radical (unpaired) electrons. The number of aryl methyl sites for hydroxylation is 1. The van der Waals surface area contributed by atoms with Crippen LogP contribution in [0.25, 0.3) is 27.5 Å². The number of aromatic hydroxyl groups is 1. The highest BCUT2D eigenvalue weighted by Gasteiger charge is 2.22. The van der Waals surface area contributed by atoms with E-state index in [0.29, 0.717) is 5.69 Å². The van der Waals surface area contributed by atoms with Crippen LogP contribution in [0.2, 0.25) is 0 Å². The summed E-state index contributed by atoms with van der Waals surface area (Å²) in [5.41, 5.74) is 3.98. The Kier molecular flexibility index (Phi) is 4.94. The Labute approximate surface area is 191 Å². The van der Waals surface area contributed by atoms with Crippen molar-refractivity contribution in [2.45, 2.75) is 42.9 Å². The van der Waals surface area contributed by atoms with Gasteiger partial charge in [0.15, 0.2) is 0 Å². The number of aromatic nitrogens is 3. The Morgan fingerprint density at radius 1 is 0.844 bits per heavy atom. The first-order valence-electron chi connectivity index (χ1n) is 10.7. The first-order valence-corrected chi connectivity index (χ1v) is 11.5. The summed E-state index contributed by atoms with van der Waals surface area (Å²) in [7, 11) is 0. The summed E-state index contributed by atoms with van der Waals surface area (Å²) < 4.78 is 0. The summed E-state index contributed by atoms with van der Waals surface area (Å²) in [5.74, 6) is 0.230.